The topological polar surface area (TPSA) is 78.4 Å². The molecule has 1 fully saturated rings. The third-order valence-electron chi connectivity index (χ3n) is 3.43. The van der Waals surface area contributed by atoms with Crippen molar-refractivity contribution >= 4 is 12.1 Å². The minimum absolute atomic E-state index is 0.0638. The quantitative estimate of drug-likeness (QED) is 0.539. The van der Waals surface area contributed by atoms with E-state index < -0.39 is 6.61 Å². The lowest BCUT2D eigenvalue weighted by atomic mass is 10.2. The molecule has 0 spiro atoms. The molecule has 1 aliphatic rings. The van der Waals surface area contributed by atoms with Gasteiger partial charge in [-0.1, -0.05) is 5.16 Å². The monoisotopic (exact) mass is 358 g/mol. The van der Waals surface area contributed by atoms with Gasteiger partial charge in [-0.2, -0.15) is 8.78 Å². The van der Waals surface area contributed by atoms with Crippen LogP contribution in [0.5, 0.6) is 11.5 Å². The van der Waals surface area contributed by atoms with E-state index >= 15 is 0 Å². The number of nitrogens with one attached hydrogen (secondary N) is 1. The molecule has 1 amide bonds. The first-order chi connectivity index (χ1) is 12.1. The predicted octanol–water partition coefficient (Wildman–Crippen LogP) is 1.94. The first-order valence-corrected chi connectivity index (χ1v) is 7.75. The summed E-state index contributed by atoms with van der Waals surface area (Å²) < 4.78 is 39.2. The summed E-state index contributed by atoms with van der Waals surface area (Å²) in [5.74, 6) is -0.242. The minimum atomic E-state index is -2.94. The molecule has 2 rings (SSSR count). The number of nitrogens with zero attached hydrogens (tertiary/aromatic N) is 1. The van der Waals surface area contributed by atoms with Crippen molar-refractivity contribution < 1.29 is 32.6 Å². The van der Waals surface area contributed by atoms with Gasteiger partial charge in [0.25, 0.3) is 5.91 Å². The molecular weight excluding hydrogens is 338 g/mol. The normalized spacial score (nSPS) is 17.0. The molecule has 1 aliphatic heterocycles. The molecule has 1 atom stereocenters. The number of rotatable bonds is 9. The molecule has 0 aromatic heterocycles. The molecule has 1 aromatic rings. The van der Waals surface area contributed by atoms with Crippen LogP contribution in [0.25, 0.3) is 0 Å². The van der Waals surface area contributed by atoms with E-state index in [-0.39, 0.29) is 30.1 Å². The molecule has 1 N–H and O–H groups in total. The fraction of sp³-hybridized carbons (Fsp3) is 0.500. The highest BCUT2D eigenvalue weighted by Crippen LogP contribution is 2.28. The van der Waals surface area contributed by atoms with Crippen LogP contribution in [0.3, 0.4) is 0 Å². The molecule has 138 valence electrons. The molecule has 0 saturated carbocycles. The molecule has 0 bridgehead atoms. The van der Waals surface area contributed by atoms with Crippen molar-refractivity contribution in [3.63, 3.8) is 0 Å². The predicted molar refractivity (Wildman–Crippen MR) is 85.2 cm³/mol. The molecule has 7 nitrogen and oxygen atoms in total. The van der Waals surface area contributed by atoms with Crippen molar-refractivity contribution in [1.82, 2.24) is 5.32 Å². The zero-order valence-corrected chi connectivity index (χ0v) is 13.7. The number of ether oxygens (including phenoxy) is 3. The van der Waals surface area contributed by atoms with Crippen LogP contribution in [-0.4, -0.2) is 51.7 Å². The third-order valence-corrected chi connectivity index (χ3v) is 3.43. The first-order valence-electron chi connectivity index (χ1n) is 7.75. The SMILES string of the molecule is COc1cc(/C=N/OCC(=O)NCC2CCCO2)ccc1OC(F)F. The summed E-state index contributed by atoms with van der Waals surface area (Å²) >= 11 is 0. The standard InChI is InChI=1S/C16H20F2N2O5/c1-22-14-7-11(4-5-13(14)25-16(17)18)8-20-24-10-15(21)19-9-12-3-2-6-23-12/h4-5,7-8,12,16H,2-3,6,9-10H2,1H3,(H,19,21)/b20-8+. The van der Waals surface area contributed by atoms with Crippen molar-refractivity contribution in [2.75, 3.05) is 26.9 Å². The maximum absolute atomic E-state index is 12.3. The maximum atomic E-state index is 12.3. The van der Waals surface area contributed by atoms with Crippen LogP contribution in [0.1, 0.15) is 18.4 Å². The van der Waals surface area contributed by atoms with E-state index in [4.69, 9.17) is 14.3 Å². The van der Waals surface area contributed by atoms with Crippen molar-refractivity contribution in [2.24, 2.45) is 5.16 Å². The van der Waals surface area contributed by atoms with Crippen LogP contribution in [0.4, 0.5) is 8.78 Å². The zero-order chi connectivity index (χ0) is 18.1. The van der Waals surface area contributed by atoms with E-state index in [9.17, 15) is 13.6 Å². The summed E-state index contributed by atoms with van der Waals surface area (Å²) in [7, 11) is 1.34. The summed E-state index contributed by atoms with van der Waals surface area (Å²) in [4.78, 5) is 16.5. The fourth-order valence-corrected chi connectivity index (χ4v) is 2.24. The Hall–Kier alpha value is -2.42. The molecule has 25 heavy (non-hydrogen) atoms. The van der Waals surface area contributed by atoms with E-state index in [1.807, 2.05) is 0 Å². The number of methoxy groups -OCH3 is 1. The van der Waals surface area contributed by atoms with E-state index in [1.54, 1.807) is 0 Å². The summed E-state index contributed by atoms with van der Waals surface area (Å²) in [6, 6.07) is 4.30. The van der Waals surface area contributed by atoms with E-state index in [1.165, 1.54) is 31.5 Å². The Bertz CT molecular complexity index is 592. The average molecular weight is 358 g/mol. The van der Waals surface area contributed by atoms with Crippen LogP contribution in [0.15, 0.2) is 23.4 Å². The van der Waals surface area contributed by atoms with Crippen LogP contribution in [0, 0.1) is 0 Å². The van der Waals surface area contributed by atoms with Crippen LogP contribution in [-0.2, 0) is 14.4 Å². The number of hydrogen-bond donors (Lipinski definition) is 1. The molecule has 1 saturated heterocycles. The Morgan fingerprint density at radius 3 is 3.00 bits per heavy atom. The van der Waals surface area contributed by atoms with E-state index in [0.29, 0.717) is 12.1 Å². The summed E-state index contributed by atoms with van der Waals surface area (Å²) in [5.41, 5.74) is 0.540. The van der Waals surface area contributed by atoms with Crippen LogP contribution in [0.2, 0.25) is 0 Å². The van der Waals surface area contributed by atoms with Gasteiger partial charge >= 0.3 is 6.61 Å². The number of oxime groups is 1. The fourth-order valence-electron chi connectivity index (χ4n) is 2.24. The van der Waals surface area contributed by atoms with E-state index in [2.05, 4.69) is 15.2 Å². The van der Waals surface area contributed by atoms with Crippen molar-refractivity contribution in [3.8, 4) is 11.5 Å². The Labute approximate surface area is 143 Å². The van der Waals surface area contributed by atoms with Crippen molar-refractivity contribution in [3.05, 3.63) is 23.8 Å². The van der Waals surface area contributed by atoms with Gasteiger partial charge in [-0.15, -0.1) is 0 Å². The summed E-state index contributed by atoms with van der Waals surface area (Å²) in [6.07, 6.45) is 3.34. The number of amides is 1. The Morgan fingerprint density at radius 2 is 2.32 bits per heavy atom. The van der Waals surface area contributed by atoms with Crippen molar-refractivity contribution in [1.29, 1.82) is 0 Å². The second-order valence-corrected chi connectivity index (χ2v) is 5.24. The first kappa shape index (κ1) is 18.9. The molecule has 0 aliphatic carbocycles. The summed E-state index contributed by atoms with van der Waals surface area (Å²) in [6.45, 7) is -1.99. The second kappa shape index (κ2) is 9.77. The van der Waals surface area contributed by atoms with Gasteiger partial charge in [-0.25, -0.2) is 0 Å². The largest absolute Gasteiger partial charge is 0.493 e. The lowest BCUT2D eigenvalue weighted by Gasteiger charge is -2.10. The van der Waals surface area contributed by atoms with Crippen LogP contribution < -0.4 is 14.8 Å². The lowest BCUT2D eigenvalue weighted by Crippen LogP contribution is -2.33. The van der Waals surface area contributed by atoms with Gasteiger partial charge in [0.05, 0.1) is 19.4 Å². The van der Waals surface area contributed by atoms with Crippen LogP contribution >= 0.6 is 0 Å². The summed E-state index contributed by atoms with van der Waals surface area (Å²) in [5, 5.41) is 6.36. The highest BCUT2D eigenvalue weighted by atomic mass is 19.3. The Balaban J connectivity index is 1.76. The number of carbonyl (C=O) groups is 1. The van der Waals surface area contributed by atoms with Gasteiger partial charge < -0.3 is 24.4 Å². The lowest BCUT2D eigenvalue weighted by molar-refractivity contribution is -0.126. The minimum Gasteiger partial charge on any atom is -0.493 e. The number of halogens is 2. The molecule has 9 heteroatoms. The molecule has 1 unspecified atom stereocenters. The Kier molecular flexibility index (Phi) is 7.39. The second-order valence-electron chi connectivity index (χ2n) is 5.24. The maximum Gasteiger partial charge on any atom is 0.387 e. The molecular formula is C16H20F2N2O5. The van der Waals surface area contributed by atoms with Gasteiger partial charge in [0.1, 0.15) is 0 Å². The highest BCUT2D eigenvalue weighted by molar-refractivity contribution is 5.81. The van der Waals surface area contributed by atoms with Gasteiger partial charge in [-0.3, -0.25) is 4.79 Å². The number of benzene rings is 1. The van der Waals surface area contributed by atoms with Gasteiger partial charge in [-0.05, 0) is 31.0 Å². The third kappa shape index (κ3) is 6.54. The number of hydrogen-bond acceptors (Lipinski definition) is 6. The zero-order valence-electron chi connectivity index (χ0n) is 13.7. The van der Waals surface area contributed by atoms with Gasteiger partial charge in [0.15, 0.2) is 18.1 Å². The molecule has 1 aromatic carbocycles. The average Bonchev–Trinajstić information content (AvgIpc) is 3.11. The number of alkyl halides is 2. The smallest absolute Gasteiger partial charge is 0.387 e. The Morgan fingerprint density at radius 1 is 1.48 bits per heavy atom. The van der Waals surface area contributed by atoms with Gasteiger partial charge in [0.2, 0.25) is 0 Å². The highest BCUT2D eigenvalue weighted by Gasteiger charge is 2.16. The van der Waals surface area contributed by atoms with Crippen molar-refractivity contribution in [2.45, 2.75) is 25.6 Å². The van der Waals surface area contributed by atoms with E-state index in [0.717, 1.165) is 19.4 Å². The van der Waals surface area contributed by atoms with Gasteiger partial charge in [0, 0.05) is 18.7 Å². The number of carbonyl (C=O) groups excluding carboxylic acids is 1. The molecule has 1 heterocycles. The molecule has 0 radical (unpaired) electrons.